The van der Waals surface area contributed by atoms with Crippen LogP contribution in [0.1, 0.15) is 45.8 Å². The molecule has 3 heterocycles. The second kappa shape index (κ2) is 6.40. The molecule has 0 spiro atoms. The molecule has 1 saturated heterocycles. The van der Waals surface area contributed by atoms with Gasteiger partial charge in [0.05, 0.1) is 17.3 Å². The van der Waals surface area contributed by atoms with Crippen LogP contribution in [0.4, 0.5) is 0 Å². The van der Waals surface area contributed by atoms with Crippen molar-refractivity contribution in [3.63, 3.8) is 0 Å². The summed E-state index contributed by atoms with van der Waals surface area (Å²) in [5.41, 5.74) is 3.67. The van der Waals surface area contributed by atoms with Gasteiger partial charge in [-0.25, -0.2) is 4.68 Å². The molecule has 3 aromatic rings. The van der Waals surface area contributed by atoms with Gasteiger partial charge in [0.15, 0.2) is 5.82 Å². The number of aryl methyl sites for hydroxylation is 3. The SMILES string of the molecule is Cc1cc(C)n(-c2ccc(C(=O)N3CC[C@@H](c4nc(C)no4)C3)cc2)n1. The minimum Gasteiger partial charge on any atom is -0.339 e. The standard InChI is InChI=1S/C19H21N5O2/c1-12-10-13(2)24(21-12)17-6-4-15(5-7-17)19(25)23-9-8-16(11-23)18-20-14(3)22-26-18/h4-7,10,16H,8-9,11H2,1-3H3/t16-/m1/s1. The van der Waals surface area contributed by atoms with Gasteiger partial charge in [0, 0.05) is 24.3 Å². The fourth-order valence-corrected chi connectivity index (χ4v) is 3.44. The monoisotopic (exact) mass is 351 g/mol. The lowest BCUT2D eigenvalue weighted by Gasteiger charge is -2.16. The molecule has 1 aliphatic heterocycles. The van der Waals surface area contributed by atoms with E-state index in [1.54, 1.807) is 6.92 Å². The highest BCUT2D eigenvalue weighted by atomic mass is 16.5. The third-order valence-corrected chi connectivity index (χ3v) is 4.74. The van der Waals surface area contributed by atoms with E-state index in [1.807, 2.05) is 53.8 Å². The number of aromatic nitrogens is 4. The summed E-state index contributed by atoms with van der Waals surface area (Å²) >= 11 is 0. The topological polar surface area (TPSA) is 77.0 Å². The first kappa shape index (κ1) is 16.5. The van der Waals surface area contributed by atoms with Crippen LogP contribution < -0.4 is 0 Å². The van der Waals surface area contributed by atoms with E-state index in [2.05, 4.69) is 15.2 Å². The first-order valence-electron chi connectivity index (χ1n) is 8.74. The van der Waals surface area contributed by atoms with Crippen molar-refractivity contribution >= 4 is 5.91 Å². The number of carbonyl (C=O) groups excluding carboxylic acids is 1. The summed E-state index contributed by atoms with van der Waals surface area (Å²) < 4.78 is 7.13. The number of nitrogens with zero attached hydrogens (tertiary/aromatic N) is 5. The molecule has 0 saturated carbocycles. The van der Waals surface area contributed by atoms with Crippen LogP contribution in [0.2, 0.25) is 0 Å². The third kappa shape index (κ3) is 3.00. The van der Waals surface area contributed by atoms with Gasteiger partial charge in [0.1, 0.15) is 0 Å². The van der Waals surface area contributed by atoms with Gasteiger partial charge in [-0.1, -0.05) is 5.16 Å². The summed E-state index contributed by atoms with van der Waals surface area (Å²) in [6.45, 7) is 7.10. The Morgan fingerprint density at radius 3 is 2.58 bits per heavy atom. The van der Waals surface area contributed by atoms with Crippen LogP contribution in [0.3, 0.4) is 0 Å². The van der Waals surface area contributed by atoms with E-state index in [0.29, 0.717) is 30.4 Å². The lowest BCUT2D eigenvalue weighted by Crippen LogP contribution is -2.28. The van der Waals surface area contributed by atoms with Crippen molar-refractivity contribution in [2.24, 2.45) is 0 Å². The van der Waals surface area contributed by atoms with E-state index in [4.69, 9.17) is 4.52 Å². The highest BCUT2D eigenvalue weighted by molar-refractivity contribution is 5.94. The summed E-state index contributed by atoms with van der Waals surface area (Å²) in [5, 5.41) is 8.31. The van der Waals surface area contributed by atoms with Gasteiger partial charge < -0.3 is 9.42 Å². The zero-order valence-corrected chi connectivity index (χ0v) is 15.1. The van der Waals surface area contributed by atoms with Gasteiger partial charge in [-0.05, 0) is 57.5 Å². The molecule has 0 unspecified atom stereocenters. The van der Waals surface area contributed by atoms with Crippen molar-refractivity contribution in [2.45, 2.75) is 33.1 Å². The maximum Gasteiger partial charge on any atom is 0.253 e. The quantitative estimate of drug-likeness (QED) is 0.725. The van der Waals surface area contributed by atoms with E-state index < -0.39 is 0 Å². The van der Waals surface area contributed by atoms with Crippen LogP contribution in [0.25, 0.3) is 5.69 Å². The average Bonchev–Trinajstić information content (AvgIpc) is 3.34. The van der Waals surface area contributed by atoms with Crippen LogP contribution in [-0.2, 0) is 0 Å². The lowest BCUT2D eigenvalue weighted by atomic mass is 10.1. The summed E-state index contributed by atoms with van der Waals surface area (Å²) in [4.78, 5) is 18.9. The minimum absolute atomic E-state index is 0.0312. The average molecular weight is 351 g/mol. The fourth-order valence-electron chi connectivity index (χ4n) is 3.44. The summed E-state index contributed by atoms with van der Waals surface area (Å²) in [6.07, 6.45) is 0.844. The molecule has 4 rings (SSSR count). The number of benzene rings is 1. The molecule has 26 heavy (non-hydrogen) atoms. The molecular formula is C19H21N5O2. The maximum atomic E-state index is 12.8. The number of carbonyl (C=O) groups is 1. The highest BCUT2D eigenvalue weighted by Crippen LogP contribution is 2.27. The van der Waals surface area contributed by atoms with Gasteiger partial charge in [0.25, 0.3) is 5.91 Å². The van der Waals surface area contributed by atoms with E-state index in [-0.39, 0.29) is 11.8 Å². The summed E-state index contributed by atoms with van der Waals surface area (Å²) in [6, 6.07) is 9.61. The highest BCUT2D eigenvalue weighted by Gasteiger charge is 2.31. The Balaban J connectivity index is 1.48. The Kier molecular flexibility index (Phi) is 4.06. The fraction of sp³-hybridized carbons (Fsp3) is 0.368. The molecule has 1 atom stereocenters. The second-order valence-electron chi connectivity index (χ2n) is 6.80. The second-order valence-corrected chi connectivity index (χ2v) is 6.80. The number of rotatable bonds is 3. The third-order valence-electron chi connectivity index (χ3n) is 4.74. The Morgan fingerprint density at radius 1 is 1.19 bits per heavy atom. The van der Waals surface area contributed by atoms with Crippen LogP contribution in [-0.4, -0.2) is 43.8 Å². The summed E-state index contributed by atoms with van der Waals surface area (Å²) in [5.74, 6) is 1.40. The predicted molar refractivity (Wildman–Crippen MR) is 95.3 cm³/mol. The summed E-state index contributed by atoms with van der Waals surface area (Å²) in [7, 11) is 0. The Labute approximate surface area is 151 Å². The number of hydrogen-bond donors (Lipinski definition) is 0. The van der Waals surface area contributed by atoms with Crippen molar-refractivity contribution in [1.82, 2.24) is 24.8 Å². The van der Waals surface area contributed by atoms with Crippen molar-refractivity contribution in [3.05, 3.63) is 59.0 Å². The van der Waals surface area contributed by atoms with Gasteiger partial charge in [-0.15, -0.1) is 0 Å². The molecule has 1 aromatic carbocycles. The Morgan fingerprint density at radius 2 is 1.96 bits per heavy atom. The van der Waals surface area contributed by atoms with E-state index in [9.17, 15) is 4.79 Å². The Bertz CT molecular complexity index is 941. The number of likely N-dealkylation sites (tertiary alicyclic amines) is 1. The van der Waals surface area contributed by atoms with Crippen LogP contribution in [0.5, 0.6) is 0 Å². The number of hydrogen-bond acceptors (Lipinski definition) is 5. The molecule has 7 heteroatoms. The van der Waals surface area contributed by atoms with Gasteiger partial charge in [0.2, 0.25) is 5.89 Å². The largest absolute Gasteiger partial charge is 0.339 e. The van der Waals surface area contributed by atoms with E-state index in [0.717, 1.165) is 23.5 Å². The van der Waals surface area contributed by atoms with Gasteiger partial charge >= 0.3 is 0 Å². The van der Waals surface area contributed by atoms with Gasteiger partial charge in [-0.2, -0.15) is 10.1 Å². The predicted octanol–water partition coefficient (Wildman–Crippen LogP) is 2.81. The first-order chi connectivity index (χ1) is 12.5. The molecule has 1 fully saturated rings. The van der Waals surface area contributed by atoms with E-state index >= 15 is 0 Å². The van der Waals surface area contributed by atoms with Crippen molar-refractivity contribution in [2.75, 3.05) is 13.1 Å². The molecule has 0 bridgehead atoms. The number of amides is 1. The molecular weight excluding hydrogens is 330 g/mol. The zero-order valence-electron chi connectivity index (χ0n) is 15.1. The van der Waals surface area contributed by atoms with E-state index in [1.165, 1.54) is 0 Å². The molecule has 2 aromatic heterocycles. The normalized spacial score (nSPS) is 17.0. The molecule has 134 valence electrons. The maximum absolute atomic E-state index is 12.8. The van der Waals surface area contributed by atoms with Crippen LogP contribution in [0, 0.1) is 20.8 Å². The first-order valence-corrected chi connectivity index (χ1v) is 8.74. The molecule has 0 aliphatic carbocycles. The van der Waals surface area contributed by atoms with Crippen LogP contribution in [0.15, 0.2) is 34.9 Å². The molecule has 1 amide bonds. The molecule has 7 nitrogen and oxygen atoms in total. The van der Waals surface area contributed by atoms with Crippen molar-refractivity contribution in [3.8, 4) is 5.69 Å². The lowest BCUT2D eigenvalue weighted by molar-refractivity contribution is 0.0789. The minimum atomic E-state index is 0.0312. The Hall–Kier alpha value is -2.96. The van der Waals surface area contributed by atoms with Gasteiger partial charge in [-0.3, -0.25) is 4.79 Å². The van der Waals surface area contributed by atoms with Crippen molar-refractivity contribution in [1.29, 1.82) is 0 Å². The zero-order chi connectivity index (χ0) is 18.3. The van der Waals surface area contributed by atoms with Crippen LogP contribution >= 0.6 is 0 Å². The molecule has 1 aliphatic rings. The van der Waals surface area contributed by atoms with Crippen molar-refractivity contribution < 1.29 is 9.32 Å². The molecule has 0 radical (unpaired) electrons. The smallest absolute Gasteiger partial charge is 0.253 e. The molecule has 0 N–H and O–H groups in total.